The number of ether oxygens (including phenoxy) is 3. The van der Waals surface area contributed by atoms with Crippen LogP contribution in [0.1, 0.15) is 5.56 Å². The van der Waals surface area contributed by atoms with E-state index in [-0.39, 0.29) is 17.4 Å². The number of halogens is 3. The Labute approximate surface area is 283 Å². The minimum absolute atomic E-state index is 0.0685. The quantitative estimate of drug-likeness (QED) is 0.133. The zero-order valence-electron chi connectivity index (χ0n) is 25.8. The van der Waals surface area contributed by atoms with Crippen LogP contribution >= 0.6 is 23.1 Å². The first kappa shape index (κ1) is 32.9. The standard InChI is InChI=1S/C32H26ClF2N5O6S2/c1-39(2)31-23-11-18(6-9-27(23)46-38-31)22-12-20(33)7-10-26(22)45-29-14-25(35)30(15-24(29)34)48(41,42)40(32-36-17-37-47-32)16-19-5-8-21(43-3)13-28(19)44-4/h5-15,17H,16H2,1-4H3. The minimum Gasteiger partial charge on any atom is -0.497 e. The van der Waals surface area contributed by atoms with Gasteiger partial charge in [-0.3, -0.25) is 0 Å². The van der Waals surface area contributed by atoms with Crippen molar-refractivity contribution in [2.24, 2.45) is 0 Å². The van der Waals surface area contributed by atoms with Gasteiger partial charge in [0.15, 0.2) is 23.0 Å². The third-order valence-corrected chi connectivity index (χ3v) is 10.1. The molecule has 0 bridgehead atoms. The molecule has 0 amide bonds. The van der Waals surface area contributed by atoms with Gasteiger partial charge in [-0.1, -0.05) is 22.8 Å². The Kier molecular flexibility index (Phi) is 9.09. The van der Waals surface area contributed by atoms with E-state index in [1.165, 1.54) is 26.4 Å². The lowest BCUT2D eigenvalue weighted by molar-refractivity contribution is 0.391. The molecule has 0 N–H and O–H groups in total. The lowest BCUT2D eigenvalue weighted by Crippen LogP contribution is -2.31. The SMILES string of the molecule is COc1ccc(CN(c2ncns2)S(=O)(=O)c2cc(F)c(Oc3ccc(Cl)cc3-c3ccc4onc(N(C)C)c4c3)cc2F)c(OC)c1. The first-order chi connectivity index (χ1) is 23.0. The van der Waals surface area contributed by atoms with E-state index in [0.717, 1.165) is 22.2 Å². The Morgan fingerprint density at radius 3 is 2.44 bits per heavy atom. The lowest BCUT2D eigenvalue weighted by Gasteiger charge is -2.23. The van der Waals surface area contributed by atoms with Gasteiger partial charge in [-0.25, -0.2) is 26.5 Å². The van der Waals surface area contributed by atoms with Gasteiger partial charge in [0.2, 0.25) is 5.13 Å². The van der Waals surface area contributed by atoms with Crippen molar-refractivity contribution in [2.45, 2.75) is 11.4 Å². The molecule has 0 atom stereocenters. The molecule has 4 aromatic carbocycles. The van der Waals surface area contributed by atoms with Crippen molar-refractivity contribution in [1.29, 1.82) is 0 Å². The molecule has 0 saturated heterocycles. The van der Waals surface area contributed by atoms with E-state index in [9.17, 15) is 8.42 Å². The van der Waals surface area contributed by atoms with Crippen LogP contribution in [0, 0.1) is 11.6 Å². The van der Waals surface area contributed by atoms with Gasteiger partial charge in [0.1, 0.15) is 34.3 Å². The number of methoxy groups -OCH3 is 2. The molecule has 16 heteroatoms. The van der Waals surface area contributed by atoms with Crippen LogP contribution in [0.25, 0.3) is 22.1 Å². The van der Waals surface area contributed by atoms with Gasteiger partial charge in [-0.05, 0) is 48.0 Å². The van der Waals surface area contributed by atoms with Gasteiger partial charge in [0.05, 0.1) is 26.2 Å². The van der Waals surface area contributed by atoms with Crippen LogP contribution < -0.4 is 23.4 Å². The zero-order valence-corrected chi connectivity index (χ0v) is 28.2. The first-order valence-corrected chi connectivity index (χ1v) is 16.6. The average molecular weight is 714 g/mol. The first-order valence-electron chi connectivity index (χ1n) is 14.0. The molecular weight excluding hydrogens is 688 g/mol. The van der Waals surface area contributed by atoms with Crippen LogP contribution in [-0.4, -0.2) is 51.2 Å². The molecular formula is C32H26ClF2N5O6S2. The molecule has 0 unspecified atom stereocenters. The zero-order chi connectivity index (χ0) is 34.2. The lowest BCUT2D eigenvalue weighted by atomic mass is 10.0. The van der Waals surface area contributed by atoms with Crippen molar-refractivity contribution < 1.29 is 35.9 Å². The van der Waals surface area contributed by atoms with Gasteiger partial charge in [0, 0.05) is 60.0 Å². The molecule has 0 aliphatic heterocycles. The highest BCUT2D eigenvalue weighted by Crippen LogP contribution is 2.40. The number of aromatic nitrogens is 3. The summed E-state index contributed by atoms with van der Waals surface area (Å²) in [6, 6.07) is 16.0. The topological polar surface area (TPSA) is 120 Å². The molecule has 0 saturated carbocycles. The van der Waals surface area contributed by atoms with Crippen molar-refractivity contribution in [2.75, 3.05) is 37.5 Å². The minimum atomic E-state index is -4.74. The van der Waals surface area contributed by atoms with Crippen LogP contribution in [0.4, 0.5) is 19.7 Å². The van der Waals surface area contributed by atoms with Gasteiger partial charge in [-0.2, -0.15) is 4.37 Å². The Hall–Kier alpha value is -4.99. The van der Waals surface area contributed by atoms with Gasteiger partial charge in [0.25, 0.3) is 10.0 Å². The van der Waals surface area contributed by atoms with Crippen LogP contribution in [0.3, 0.4) is 0 Å². The third kappa shape index (κ3) is 6.31. The van der Waals surface area contributed by atoms with E-state index >= 15 is 8.78 Å². The Morgan fingerprint density at radius 2 is 1.73 bits per heavy atom. The molecule has 48 heavy (non-hydrogen) atoms. The summed E-state index contributed by atoms with van der Waals surface area (Å²) in [4.78, 5) is 4.88. The Balaban J connectivity index is 1.37. The maximum absolute atomic E-state index is 15.8. The summed E-state index contributed by atoms with van der Waals surface area (Å²) >= 11 is 7.09. The number of anilines is 2. The monoisotopic (exact) mass is 713 g/mol. The largest absolute Gasteiger partial charge is 0.497 e. The van der Waals surface area contributed by atoms with Gasteiger partial charge >= 0.3 is 0 Å². The summed E-state index contributed by atoms with van der Waals surface area (Å²) in [5.41, 5.74) is 2.05. The third-order valence-electron chi connectivity index (χ3n) is 7.27. The predicted molar refractivity (Wildman–Crippen MR) is 178 cm³/mol. The van der Waals surface area contributed by atoms with Crippen molar-refractivity contribution >= 4 is 55.1 Å². The number of rotatable bonds is 11. The summed E-state index contributed by atoms with van der Waals surface area (Å²) in [6.07, 6.45) is 1.16. The summed E-state index contributed by atoms with van der Waals surface area (Å²) in [7, 11) is 1.79. The number of fused-ring (bicyclic) bond motifs is 1. The number of hydrogen-bond donors (Lipinski definition) is 0. The molecule has 0 spiro atoms. The number of benzene rings is 4. The highest BCUT2D eigenvalue weighted by Gasteiger charge is 2.33. The highest BCUT2D eigenvalue weighted by molar-refractivity contribution is 7.93. The number of hydrogen-bond acceptors (Lipinski definition) is 11. The summed E-state index contributed by atoms with van der Waals surface area (Å²) in [5.74, 6) is -1.40. The Morgan fingerprint density at radius 1 is 0.917 bits per heavy atom. The summed E-state index contributed by atoms with van der Waals surface area (Å²) in [5, 5.41) is 5.10. The van der Waals surface area contributed by atoms with Crippen molar-refractivity contribution in [3.8, 4) is 34.1 Å². The molecule has 0 fully saturated rings. The van der Waals surface area contributed by atoms with Crippen molar-refractivity contribution in [3.05, 3.63) is 95.3 Å². The molecule has 2 aromatic heterocycles. The van der Waals surface area contributed by atoms with E-state index < -0.39 is 32.3 Å². The van der Waals surface area contributed by atoms with Crippen LogP contribution in [0.15, 0.2) is 82.5 Å². The second kappa shape index (κ2) is 13.3. The number of sulfonamides is 1. The second-order valence-electron chi connectivity index (χ2n) is 10.5. The smallest absolute Gasteiger partial charge is 0.269 e. The van der Waals surface area contributed by atoms with Crippen LogP contribution in [0.2, 0.25) is 5.02 Å². The normalized spacial score (nSPS) is 11.5. The summed E-state index contributed by atoms with van der Waals surface area (Å²) in [6.45, 7) is -0.329. The van der Waals surface area contributed by atoms with E-state index in [1.807, 2.05) is 20.2 Å². The van der Waals surface area contributed by atoms with Gasteiger partial charge in [-0.15, -0.1) is 0 Å². The average Bonchev–Trinajstić information content (AvgIpc) is 3.76. The molecule has 0 aliphatic carbocycles. The fourth-order valence-electron chi connectivity index (χ4n) is 4.93. The van der Waals surface area contributed by atoms with Crippen molar-refractivity contribution in [3.63, 3.8) is 0 Å². The highest BCUT2D eigenvalue weighted by atomic mass is 35.5. The number of nitrogens with zero attached hydrogens (tertiary/aromatic N) is 5. The molecule has 6 rings (SSSR count). The molecule has 11 nitrogen and oxygen atoms in total. The van der Waals surface area contributed by atoms with Crippen molar-refractivity contribution in [1.82, 2.24) is 14.5 Å². The van der Waals surface area contributed by atoms with Crippen LogP contribution in [-0.2, 0) is 16.6 Å². The molecule has 0 aliphatic rings. The molecule has 0 radical (unpaired) electrons. The summed E-state index contributed by atoms with van der Waals surface area (Å²) < 4.78 is 86.1. The molecule has 248 valence electrons. The fraction of sp³-hybridized carbons (Fsp3) is 0.156. The Bertz CT molecular complexity index is 2230. The van der Waals surface area contributed by atoms with E-state index in [0.29, 0.717) is 62.1 Å². The van der Waals surface area contributed by atoms with E-state index in [1.54, 1.807) is 41.3 Å². The van der Waals surface area contributed by atoms with E-state index in [4.69, 9.17) is 30.3 Å². The van der Waals surface area contributed by atoms with Crippen LogP contribution in [0.5, 0.6) is 23.0 Å². The predicted octanol–water partition coefficient (Wildman–Crippen LogP) is 7.55. The maximum atomic E-state index is 15.8. The second-order valence-corrected chi connectivity index (χ2v) is 13.5. The molecule has 2 heterocycles. The maximum Gasteiger partial charge on any atom is 0.269 e. The van der Waals surface area contributed by atoms with Gasteiger partial charge < -0.3 is 23.6 Å². The molecule has 6 aromatic rings. The van der Waals surface area contributed by atoms with E-state index in [2.05, 4.69) is 14.5 Å². The fourth-order valence-corrected chi connectivity index (χ4v) is 7.29.